The molecule has 2 aliphatic rings. The van der Waals surface area contributed by atoms with Crippen LogP contribution in [0, 0.1) is 0 Å². The smallest absolute Gasteiger partial charge is 0.219 e. The lowest BCUT2D eigenvalue weighted by atomic mass is 9.91. The molecule has 1 aromatic heterocycles. The lowest BCUT2D eigenvalue weighted by Gasteiger charge is -2.38. The molecule has 1 aliphatic carbocycles. The van der Waals surface area contributed by atoms with Gasteiger partial charge in [0, 0.05) is 36.4 Å². The van der Waals surface area contributed by atoms with E-state index in [1.54, 1.807) is 0 Å². The maximum atomic E-state index is 5.90. The van der Waals surface area contributed by atoms with E-state index in [-0.39, 0.29) is 6.04 Å². The lowest BCUT2D eigenvalue weighted by Crippen LogP contribution is -2.42. The molecule has 2 fully saturated rings. The Balaban J connectivity index is 1.42. The maximum absolute atomic E-state index is 5.90. The molecule has 131 valence electrons. The molecule has 0 bridgehead atoms. The number of pyridine rings is 1. The van der Waals surface area contributed by atoms with Gasteiger partial charge in [-0.1, -0.05) is 24.1 Å². The molecule has 25 heavy (non-hydrogen) atoms. The molecule has 1 aliphatic heterocycles. The van der Waals surface area contributed by atoms with E-state index in [4.69, 9.17) is 21.7 Å². The average molecular weight is 357 g/mol. The van der Waals surface area contributed by atoms with Crippen molar-refractivity contribution in [1.29, 1.82) is 0 Å². The van der Waals surface area contributed by atoms with Gasteiger partial charge in [0.15, 0.2) is 0 Å². The Morgan fingerprint density at radius 3 is 2.56 bits per heavy atom. The minimum Gasteiger partial charge on any atom is -0.439 e. The van der Waals surface area contributed by atoms with Gasteiger partial charge in [-0.25, -0.2) is 10.3 Å². The fourth-order valence-corrected chi connectivity index (χ4v) is 3.58. The van der Waals surface area contributed by atoms with E-state index < -0.39 is 0 Å². The third kappa shape index (κ3) is 4.14. The lowest BCUT2D eigenvalue weighted by molar-refractivity contribution is 0.125. The van der Waals surface area contributed by atoms with Crippen molar-refractivity contribution in [2.45, 2.75) is 37.8 Å². The van der Waals surface area contributed by atoms with Crippen LogP contribution in [0.3, 0.4) is 0 Å². The van der Waals surface area contributed by atoms with Gasteiger partial charge in [-0.2, -0.15) is 0 Å². The van der Waals surface area contributed by atoms with Gasteiger partial charge in [0.25, 0.3) is 0 Å². The molecule has 1 unspecified atom stereocenters. The molecule has 4 nitrogen and oxygen atoms in total. The Hall–Kier alpha value is -1.62. The number of hydrogen-bond donors (Lipinski definition) is 0. The van der Waals surface area contributed by atoms with Crippen LogP contribution in [0.5, 0.6) is 11.6 Å². The average Bonchev–Trinajstić information content (AvgIpc) is 2.82. The zero-order valence-corrected chi connectivity index (χ0v) is 15.0. The second-order valence-corrected chi connectivity index (χ2v) is 7.28. The van der Waals surface area contributed by atoms with Gasteiger partial charge in [0.05, 0.1) is 6.04 Å². The van der Waals surface area contributed by atoms with Crippen molar-refractivity contribution in [3.63, 3.8) is 0 Å². The standard InChI is InChI=1S/C20H23ClN3O/c21-16-6-8-18(9-7-16)25-20-10-5-15(13-23-20)19-14-24(12-2-11-22-19)17-3-1-4-17/h5-10,13,17,19H,1-4,11-12,14H2. The number of ether oxygens (including phenoxy) is 1. The molecule has 2 heterocycles. The highest BCUT2D eigenvalue weighted by Gasteiger charge is 2.29. The first-order valence-corrected chi connectivity index (χ1v) is 9.46. The topological polar surface area (TPSA) is 39.5 Å². The van der Waals surface area contributed by atoms with E-state index in [0.29, 0.717) is 10.9 Å². The van der Waals surface area contributed by atoms with Gasteiger partial charge in [0.1, 0.15) is 5.75 Å². The minimum absolute atomic E-state index is 0.222. The summed E-state index contributed by atoms with van der Waals surface area (Å²) in [4.78, 5) is 7.10. The molecule has 1 aromatic carbocycles. The Morgan fingerprint density at radius 1 is 1.04 bits per heavy atom. The third-order valence-corrected chi connectivity index (χ3v) is 5.38. The predicted molar refractivity (Wildman–Crippen MR) is 99.3 cm³/mol. The quantitative estimate of drug-likeness (QED) is 0.813. The Bertz CT molecular complexity index is 685. The molecule has 2 aromatic rings. The van der Waals surface area contributed by atoms with Crippen LogP contribution in [0.1, 0.15) is 37.3 Å². The van der Waals surface area contributed by atoms with Crippen LogP contribution < -0.4 is 10.1 Å². The van der Waals surface area contributed by atoms with Gasteiger partial charge in [-0.15, -0.1) is 0 Å². The molecule has 1 saturated carbocycles. The number of halogens is 1. The van der Waals surface area contributed by atoms with Crippen LogP contribution in [0.15, 0.2) is 42.6 Å². The van der Waals surface area contributed by atoms with Gasteiger partial charge < -0.3 is 4.74 Å². The Labute approximate surface area is 154 Å². The van der Waals surface area contributed by atoms with Crippen LogP contribution in [0.25, 0.3) is 0 Å². The Morgan fingerprint density at radius 2 is 1.88 bits per heavy atom. The van der Waals surface area contributed by atoms with Crippen molar-refractivity contribution in [3.05, 3.63) is 53.2 Å². The van der Waals surface area contributed by atoms with Gasteiger partial charge in [-0.3, -0.25) is 4.90 Å². The van der Waals surface area contributed by atoms with Crippen molar-refractivity contribution in [2.24, 2.45) is 0 Å². The van der Waals surface area contributed by atoms with Crippen LogP contribution >= 0.6 is 11.6 Å². The van der Waals surface area contributed by atoms with Crippen LogP contribution in [-0.4, -0.2) is 35.6 Å². The van der Waals surface area contributed by atoms with E-state index in [1.165, 1.54) is 31.4 Å². The normalized spacial score (nSPS) is 22.2. The van der Waals surface area contributed by atoms with E-state index in [1.807, 2.05) is 36.5 Å². The van der Waals surface area contributed by atoms with Crippen LogP contribution in [0.2, 0.25) is 5.02 Å². The highest BCUT2D eigenvalue weighted by atomic mass is 35.5. The second-order valence-electron chi connectivity index (χ2n) is 6.84. The summed E-state index contributed by atoms with van der Waals surface area (Å²) in [6, 6.07) is 12.3. The molecule has 4 rings (SSSR count). The Kier molecular flexibility index (Phi) is 5.20. The van der Waals surface area contributed by atoms with Gasteiger partial charge in [0.2, 0.25) is 5.88 Å². The van der Waals surface area contributed by atoms with Crippen molar-refractivity contribution >= 4 is 11.6 Å². The second kappa shape index (κ2) is 7.73. The van der Waals surface area contributed by atoms with Gasteiger partial charge >= 0.3 is 0 Å². The zero-order chi connectivity index (χ0) is 17.1. The number of nitrogens with zero attached hydrogens (tertiary/aromatic N) is 3. The number of aromatic nitrogens is 1. The summed E-state index contributed by atoms with van der Waals surface area (Å²) in [5.74, 6) is 1.33. The van der Waals surface area contributed by atoms with E-state index in [9.17, 15) is 0 Å². The molecule has 0 spiro atoms. The van der Waals surface area contributed by atoms with Crippen LogP contribution in [0.4, 0.5) is 0 Å². The molecule has 1 atom stereocenters. The fourth-order valence-electron chi connectivity index (χ4n) is 3.46. The third-order valence-electron chi connectivity index (χ3n) is 5.13. The first-order chi connectivity index (χ1) is 12.3. The summed E-state index contributed by atoms with van der Waals surface area (Å²) < 4.78 is 5.78. The summed E-state index contributed by atoms with van der Waals surface area (Å²) in [6.45, 7) is 3.14. The van der Waals surface area contributed by atoms with Crippen molar-refractivity contribution < 1.29 is 4.74 Å². The summed E-state index contributed by atoms with van der Waals surface area (Å²) in [7, 11) is 0. The molecule has 0 amide bonds. The number of hydrogen-bond acceptors (Lipinski definition) is 3. The summed E-state index contributed by atoms with van der Waals surface area (Å²) >= 11 is 5.90. The SMILES string of the molecule is Clc1ccc(Oc2ccc(C3CN(C4CCC4)CCC[N]3)cn2)cc1. The number of rotatable bonds is 4. The first-order valence-electron chi connectivity index (χ1n) is 9.08. The maximum Gasteiger partial charge on any atom is 0.219 e. The van der Waals surface area contributed by atoms with Crippen molar-refractivity contribution in [2.75, 3.05) is 19.6 Å². The fraction of sp³-hybridized carbons (Fsp3) is 0.450. The number of benzene rings is 1. The summed E-state index contributed by atoms with van der Waals surface area (Å²) in [5.41, 5.74) is 1.18. The van der Waals surface area contributed by atoms with E-state index in [2.05, 4.69) is 16.0 Å². The minimum atomic E-state index is 0.222. The summed E-state index contributed by atoms with van der Waals surface area (Å²) in [5, 5.41) is 5.57. The van der Waals surface area contributed by atoms with Gasteiger partial charge in [-0.05, 0) is 55.6 Å². The molecule has 5 heteroatoms. The zero-order valence-electron chi connectivity index (χ0n) is 14.3. The summed E-state index contributed by atoms with van der Waals surface area (Å²) in [6.07, 6.45) is 7.14. The predicted octanol–water partition coefficient (Wildman–Crippen LogP) is 4.43. The highest BCUT2D eigenvalue weighted by molar-refractivity contribution is 6.30. The molecular weight excluding hydrogens is 334 g/mol. The highest BCUT2D eigenvalue weighted by Crippen LogP contribution is 2.29. The van der Waals surface area contributed by atoms with E-state index >= 15 is 0 Å². The largest absolute Gasteiger partial charge is 0.439 e. The molecular formula is C20H23ClN3O. The van der Waals surface area contributed by atoms with Crippen molar-refractivity contribution in [3.8, 4) is 11.6 Å². The molecule has 0 N–H and O–H groups in total. The van der Waals surface area contributed by atoms with Crippen LogP contribution in [-0.2, 0) is 0 Å². The monoisotopic (exact) mass is 356 g/mol. The molecule has 1 radical (unpaired) electrons. The van der Waals surface area contributed by atoms with E-state index in [0.717, 1.165) is 31.3 Å². The van der Waals surface area contributed by atoms with Crippen molar-refractivity contribution in [1.82, 2.24) is 15.2 Å². The first kappa shape index (κ1) is 16.8. The molecule has 1 saturated heterocycles.